The average Bonchev–Trinajstić information content (AvgIpc) is 2.87. The van der Waals surface area contributed by atoms with E-state index in [1.165, 1.54) is 0 Å². The summed E-state index contributed by atoms with van der Waals surface area (Å²) in [5.74, 6) is 2.36. The molecule has 0 atom stereocenters. The van der Waals surface area contributed by atoms with Gasteiger partial charge in [0.05, 0.1) is 4.47 Å². The van der Waals surface area contributed by atoms with Gasteiger partial charge in [-0.05, 0) is 34.5 Å². The summed E-state index contributed by atoms with van der Waals surface area (Å²) in [6, 6.07) is 3.58. The first kappa shape index (κ1) is 10.5. The molecule has 17 heavy (non-hydrogen) atoms. The number of rotatable bonds is 1. The van der Waals surface area contributed by atoms with Crippen molar-refractivity contribution in [3.8, 4) is 22.8 Å². The number of nitrogen functional groups attached to an aromatic ring is 1. The third kappa shape index (κ3) is 1.56. The fourth-order valence-electron chi connectivity index (χ4n) is 1.83. The fraction of sp³-hybridized carbons (Fsp3) is 0.182. The first-order valence-electron chi connectivity index (χ1n) is 4.98. The molecule has 1 aliphatic rings. The summed E-state index contributed by atoms with van der Waals surface area (Å²) >= 11 is 3.50. The second-order valence-electron chi connectivity index (χ2n) is 3.73. The van der Waals surface area contributed by atoms with Gasteiger partial charge >= 0.3 is 0 Å². The average molecular weight is 297 g/mol. The highest BCUT2D eigenvalue weighted by Crippen LogP contribution is 2.46. The highest BCUT2D eigenvalue weighted by Gasteiger charge is 2.24. The number of anilines is 1. The van der Waals surface area contributed by atoms with Crippen LogP contribution in [-0.4, -0.2) is 11.9 Å². The molecule has 1 aromatic heterocycles. The molecular formula is C11H9BrN2O3. The van der Waals surface area contributed by atoms with E-state index in [0.29, 0.717) is 17.3 Å². The molecule has 1 aliphatic heterocycles. The van der Waals surface area contributed by atoms with E-state index < -0.39 is 0 Å². The SMILES string of the molecule is Cc1cc2c(c(Br)c1-c1cc(N)no1)OCO2. The van der Waals surface area contributed by atoms with Crippen molar-refractivity contribution in [2.75, 3.05) is 12.5 Å². The Morgan fingerprint density at radius 2 is 2.18 bits per heavy atom. The van der Waals surface area contributed by atoms with Crippen molar-refractivity contribution in [2.24, 2.45) is 0 Å². The number of aromatic nitrogens is 1. The first-order valence-corrected chi connectivity index (χ1v) is 5.77. The van der Waals surface area contributed by atoms with Gasteiger partial charge in [-0.3, -0.25) is 0 Å². The predicted molar refractivity (Wildman–Crippen MR) is 64.9 cm³/mol. The van der Waals surface area contributed by atoms with Gasteiger partial charge in [-0.1, -0.05) is 5.16 Å². The smallest absolute Gasteiger partial charge is 0.231 e. The number of benzene rings is 1. The van der Waals surface area contributed by atoms with Gasteiger partial charge in [0, 0.05) is 11.6 Å². The maximum Gasteiger partial charge on any atom is 0.231 e. The van der Waals surface area contributed by atoms with E-state index in [0.717, 1.165) is 21.3 Å². The van der Waals surface area contributed by atoms with Crippen LogP contribution < -0.4 is 15.2 Å². The quantitative estimate of drug-likeness (QED) is 0.876. The van der Waals surface area contributed by atoms with Crippen molar-refractivity contribution in [3.05, 3.63) is 22.2 Å². The first-order chi connectivity index (χ1) is 8.16. The van der Waals surface area contributed by atoms with Gasteiger partial charge in [0.15, 0.2) is 23.1 Å². The van der Waals surface area contributed by atoms with Crippen LogP contribution in [0.1, 0.15) is 5.56 Å². The monoisotopic (exact) mass is 296 g/mol. The van der Waals surface area contributed by atoms with Gasteiger partial charge in [0.1, 0.15) is 0 Å². The molecule has 0 amide bonds. The number of nitrogens with two attached hydrogens (primary N) is 1. The Morgan fingerprint density at radius 1 is 1.35 bits per heavy atom. The molecule has 0 saturated heterocycles. The van der Waals surface area contributed by atoms with Gasteiger partial charge in [0.2, 0.25) is 6.79 Å². The predicted octanol–water partition coefficient (Wildman–Crippen LogP) is 2.72. The van der Waals surface area contributed by atoms with E-state index in [9.17, 15) is 0 Å². The van der Waals surface area contributed by atoms with Crippen LogP contribution in [0.4, 0.5) is 5.82 Å². The van der Waals surface area contributed by atoms with Gasteiger partial charge in [-0.25, -0.2) is 0 Å². The second kappa shape index (κ2) is 3.66. The Balaban J connectivity index is 2.23. The van der Waals surface area contributed by atoms with Crippen molar-refractivity contribution in [3.63, 3.8) is 0 Å². The van der Waals surface area contributed by atoms with Crippen LogP contribution in [-0.2, 0) is 0 Å². The van der Waals surface area contributed by atoms with Gasteiger partial charge in [-0.15, -0.1) is 0 Å². The van der Waals surface area contributed by atoms with Crippen LogP contribution in [0.25, 0.3) is 11.3 Å². The van der Waals surface area contributed by atoms with E-state index in [1.54, 1.807) is 6.07 Å². The molecule has 1 aromatic carbocycles. The zero-order valence-corrected chi connectivity index (χ0v) is 10.6. The summed E-state index contributed by atoms with van der Waals surface area (Å²) in [4.78, 5) is 0. The number of fused-ring (bicyclic) bond motifs is 1. The Bertz CT molecular complexity index is 595. The normalized spacial score (nSPS) is 13.1. The van der Waals surface area contributed by atoms with Gasteiger partial charge in [-0.2, -0.15) is 0 Å². The molecule has 5 nitrogen and oxygen atoms in total. The minimum absolute atomic E-state index is 0.232. The number of halogens is 1. The summed E-state index contributed by atoms with van der Waals surface area (Å²) < 4.78 is 16.7. The number of hydrogen-bond acceptors (Lipinski definition) is 5. The Morgan fingerprint density at radius 3 is 2.88 bits per heavy atom. The van der Waals surface area contributed by atoms with E-state index in [4.69, 9.17) is 19.7 Å². The van der Waals surface area contributed by atoms with E-state index in [2.05, 4.69) is 21.1 Å². The zero-order chi connectivity index (χ0) is 12.0. The molecular weight excluding hydrogens is 288 g/mol. The maximum absolute atomic E-state index is 5.55. The number of aryl methyl sites for hydroxylation is 1. The summed E-state index contributed by atoms with van der Waals surface area (Å²) in [7, 11) is 0. The van der Waals surface area contributed by atoms with Crippen molar-refractivity contribution in [2.45, 2.75) is 6.92 Å². The molecule has 0 radical (unpaired) electrons. The van der Waals surface area contributed by atoms with Crippen molar-refractivity contribution in [1.82, 2.24) is 5.16 Å². The lowest BCUT2D eigenvalue weighted by Crippen LogP contribution is -1.93. The summed E-state index contributed by atoms with van der Waals surface area (Å²) in [5.41, 5.74) is 7.42. The standard InChI is InChI=1S/C11H9BrN2O3/c1-5-2-7-11(16-4-15-7)10(12)9(5)6-3-8(13)14-17-6/h2-3H,4H2,1H3,(H2,13,14). The summed E-state index contributed by atoms with van der Waals surface area (Å²) in [5, 5.41) is 3.68. The number of hydrogen-bond donors (Lipinski definition) is 1. The maximum atomic E-state index is 5.55. The molecule has 2 heterocycles. The fourth-order valence-corrected chi connectivity index (χ4v) is 2.65. The van der Waals surface area contributed by atoms with Crippen LogP contribution in [0.3, 0.4) is 0 Å². The van der Waals surface area contributed by atoms with Gasteiger partial charge < -0.3 is 19.7 Å². The van der Waals surface area contributed by atoms with Crippen molar-refractivity contribution in [1.29, 1.82) is 0 Å². The lowest BCUT2D eigenvalue weighted by molar-refractivity contribution is 0.173. The Hall–Kier alpha value is -1.69. The van der Waals surface area contributed by atoms with Crippen LogP contribution >= 0.6 is 15.9 Å². The third-order valence-electron chi connectivity index (χ3n) is 2.58. The molecule has 0 fully saturated rings. The minimum atomic E-state index is 0.232. The molecule has 0 saturated carbocycles. The second-order valence-corrected chi connectivity index (χ2v) is 4.53. The largest absolute Gasteiger partial charge is 0.454 e. The van der Waals surface area contributed by atoms with E-state index in [1.807, 2.05) is 13.0 Å². The molecule has 3 rings (SSSR count). The highest BCUT2D eigenvalue weighted by molar-refractivity contribution is 9.10. The zero-order valence-electron chi connectivity index (χ0n) is 8.99. The molecule has 2 aromatic rings. The Labute approximate surface area is 106 Å². The van der Waals surface area contributed by atoms with Crippen molar-refractivity contribution >= 4 is 21.7 Å². The molecule has 88 valence electrons. The van der Waals surface area contributed by atoms with Gasteiger partial charge in [0.25, 0.3) is 0 Å². The lowest BCUT2D eigenvalue weighted by atomic mass is 10.1. The molecule has 0 spiro atoms. The van der Waals surface area contributed by atoms with Crippen molar-refractivity contribution < 1.29 is 14.0 Å². The molecule has 0 aliphatic carbocycles. The van der Waals surface area contributed by atoms with Crippen LogP contribution in [0.15, 0.2) is 21.1 Å². The minimum Gasteiger partial charge on any atom is -0.454 e. The van der Waals surface area contributed by atoms with Crippen LogP contribution in [0.5, 0.6) is 11.5 Å². The topological polar surface area (TPSA) is 70.5 Å². The third-order valence-corrected chi connectivity index (χ3v) is 3.33. The lowest BCUT2D eigenvalue weighted by Gasteiger charge is -2.07. The van der Waals surface area contributed by atoms with Crippen LogP contribution in [0, 0.1) is 6.92 Å². The molecule has 0 bridgehead atoms. The Kier molecular flexibility index (Phi) is 2.25. The highest BCUT2D eigenvalue weighted by atomic mass is 79.9. The summed E-state index contributed by atoms with van der Waals surface area (Å²) in [6.45, 7) is 2.19. The van der Waals surface area contributed by atoms with E-state index in [-0.39, 0.29) is 6.79 Å². The molecule has 2 N–H and O–H groups in total. The summed E-state index contributed by atoms with van der Waals surface area (Å²) in [6.07, 6.45) is 0. The molecule has 6 heteroatoms. The molecule has 0 unspecified atom stereocenters. The number of nitrogens with zero attached hydrogens (tertiary/aromatic N) is 1. The van der Waals surface area contributed by atoms with E-state index >= 15 is 0 Å². The number of ether oxygens (including phenoxy) is 2. The van der Waals surface area contributed by atoms with Crippen LogP contribution in [0.2, 0.25) is 0 Å².